The molecule has 0 atom stereocenters. The maximum Gasteiger partial charge on any atom is 0.262 e. The van der Waals surface area contributed by atoms with Gasteiger partial charge in [-0.2, -0.15) is 4.31 Å². The van der Waals surface area contributed by atoms with E-state index in [-0.39, 0.29) is 16.9 Å². The van der Waals surface area contributed by atoms with E-state index in [9.17, 15) is 13.2 Å². The predicted octanol–water partition coefficient (Wildman–Crippen LogP) is 2.08. The molecule has 1 aromatic heterocycles. The van der Waals surface area contributed by atoms with Gasteiger partial charge in [0.25, 0.3) is 10.0 Å². The summed E-state index contributed by atoms with van der Waals surface area (Å²) in [5, 5.41) is 2.98. The fourth-order valence-electron chi connectivity index (χ4n) is 3.02. The Balaban J connectivity index is 1.61. The number of nitrogens with one attached hydrogen (secondary N) is 1. The van der Waals surface area contributed by atoms with Gasteiger partial charge in [0.15, 0.2) is 5.03 Å². The molecular weight excluding hydrogens is 352 g/mol. The summed E-state index contributed by atoms with van der Waals surface area (Å²) in [6.45, 7) is 4.40. The second kappa shape index (κ2) is 7.20. The Morgan fingerprint density at radius 2 is 1.77 bits per heavy atom. The Labute approximate surface area is 154 Å². The third-order valence-electron chi connectivity index (χ3n) is 4.83. The number of carbonyl (C=O) groups excluding carboxylic acids is 1. The number of hydrogen-bond acceptors (Lipinski definition) is 4. The molecule has 140 valence electrons. The van der Waals surface area contributed by atoms with Crippen molar-refractivity contribution in [2.45, 2.75) is 31.7 Å². The van der Waals surface area contributed by atoms with Crippen molar-refractivity contribution < 1.29 is 13.2 Å². The number of anilines is 1. The van der Waals surface area contributed by atoms with Gasteiger partial charge in [-0.25, -0.2) is 13.4 Å². The third kappa shape index (κ3) is 3.81. The van der Waals surface area contributed by atoms with Crippen LogP contribution in [-0.2, 0) is 21.9 Å². The summed E-state index contributed by atoms with van der Waals surface area (Å²) < 4.78 is 28.5. The standard InChI is InChI=1S/C18H24N4O3S/c1-13-4-6-16(7-5-13)20-18(23)15-8-10-22(11-9-15)26(24,25)17-12-21(3)14(2)19-17/h4-7,12,15H,8-11H2,1-3H3,(H,20,23). The van der Waals surface area contributed by atoms with Crippen LogP contribution in [-0.4, -0.2) is 41.3 Å². The van der Waals surface area contributed by atoms with Crippen molar-refractivity contribution in [1.29, 1.82) is 0 Å². The Morgan fingerprint density at radius 3 is 2.31 bits per heavy atom. The molecule has 1 aliphatic heterocycles. The van der Waals surface area contributed by atoms with E-state index in [1.807, 2.05) is 31.2 Å². The summed E-state index contributed by atoms with van der Waals surface area (Å²) in [7, 11) is -1.84. The summed E-state index contributed by atoms with van der Waals surface area (Å²) >= 11 is 0. The van der Waals surface area contributed by atoms with Gasteiger partial charge >= 0.3 is 0 Å². The van der Waals surface area contributed by atoms with Gasteiger partial charge in [-0.05, 0) is 38.8 Å². The molecule has 1 fully saturated rings. The second-order valence-corrected chi connectivity index (χ2v) is 8.66. The molecule has 0 radical (unpaired) electrons. The molecule has 1 N–H and O–H groups in total. The number of piperidine rings is 1. The van der Waals surface area contributed by atoms with Crippen molar-refractivity contribution >= 4 is 21.6 Å². The molecule has 0 aliphatic carbocycles. The third-order valence-corrected chi connectivity index (χ3v) is 6.60. The summed E-state index contributed by atoms with van der Waals surface area (Å²) in [4.78, 5) is 16.6. The summed E-state index contributed by atoms with van der Waals surface area (Å²) in [6.07, 6.45) is 2.53. The zero-order valence-electron chi connectivity index (χ0n) is 15.3. The van der Waals surface area contributed by atoms with Gasteiger partial charge in [0.05, 0.1) is 0 Å². The van der Waals surface area contributed by atoms with Gasteiger partial charge in [-0.1, -0.05) is 17.7 Å². The quantitative estimate of drug-likeness (QED) is 0.885. The van der Waals surface area contributed by atoms with Crippen LogP contribution in [0.25, 0.3) is 0 Å². The second-order valence-electron chi connectivity index (χ2n) is 6.77. The van der Waals surface area contributed by atoms with Crippen LogP contribution in [0.4, 0.5) is 5.69 Å². The van der Waals surface area contributed by atoms with Crippen LogP contribution in [0, 0.1) is 19.8 Å². The predicted molar refractivity (Wildman–Crippen MR) is 99.2 cm³/mol. The number of hydrogen-bond donors (Lipinski definition) is 1. The average Bonchev–Trinajstić information content (AvgIpc) is 2.97. The summed E-state index contributed by atoms with van der Waals surface area (Å²) in [5.41, 5.74) is 1.89. The van der Waals surface area contributed by atoms with E-state index in [2.05, 4.69) is 10.3 Å². The van der Waals surface area contributed by atoms with E-state index in [0.717, 1.165) is 11.3 Å². The molecular formula is C18H24N4O3S. The van der Waals surface area contributed by atoms with Crippen molar-refractivity contribution in [2.75, 3.05) is 18.4 Å². The maximum absolute atomic E-state index is 12.7. The number of sulfonamides is 1. The van der Waals surface area contributed by atoms with Crippen LogP contribution < -0.4 is 5.32 Å². The molecule has 0 spiro atoms. The normalized spacial score (nSPS) is 16.6. The highest BCUT2D eigenvalue weighted by Crippen LogP contribution is 2.24. The number of rotatable bonds is 4. The van der Waals surface area contributed by atoms with E-state index >= 15 is 0 Å². The number of benzene rings is 1. The lowest BCUT2D eigenvalue weighted by atomic mass is 9.97. The van der Waals surface area contributed by atoms with Crippen LogP contribution in [0.1, 0.15) is 24.2 Å². The van der Waals surface area contributed by atoms with Crippen LogP contribution in [0.3, 0.4) is 0 Å². The molecule has 8 heteroatoms. The Bertz CT molecular complexity index is 876. The van der Waals surface area contributed by atoms with E-state index < -0.39 is 10.0 Å². The highest BCUT2D eigenvalue weighted by Gasteiger charge is 2.33. The Morgan fingerprint density at radius 1 is 1.15 bits per heavy atom. The monoisotopic (exact) mass is 376 g/mol. The van der Waals surface area contributed by atoms with E-state index in [1.165, 1.54) is 10.5 Å². The molecule has 7 nitrogen and oxygen atoms in total. The zero-order valence-corrected chi connectivity index (χ0v) is 16.1. The average molecular weight is 376 g/mol. The fraction of sp³-hybridized carbons (Fsp3) is 0.444. The zero-order chi connectivity index (χ0) is 18.9. The van der Waals surface area contributed by atoms with Gasteiger partial charge in [0, 0.05) is 37.9 Å². The molecule has 0 saturated carbocycles. The molecule has 2 heterocycles. The van der Waals surface area contributed by atoms with Crippen LogP contribution in [0.15, 0.2) is 35.5 Å². The molecule has 1 amide bonds. The first-order valence-electron chi connectivity index (χ1n) is 8.65. The molecule has 1 aromatic carbocycles. The topological polar surface area (TPSA) is 84.3 Å². The van der Waals surface area contributed by atoms with Crippen molar-refractivity contribution in [1.82, 2.24) is 13.9 Å². The van der Waals surface area contributed by atoms with Gasteiger partial charge < -0.3 is 9.88 Å². The minimum atomic E-state index is -3.61. The van der Waals surface area contributed by atoms with Crippen LogP contribution in [0.5, 0.6) is 0 Å². The maximum atomic E-state index is 12.7. The highest BCUT2D eigenvalue weighted by atomic mass is 32.2. The Kier molecular flexibility index (Phi) is 5.15. The number of aromatic nitrogens is 2. The molecule has 3 rings (SSSR count). The van der Waals surface area contributed by atoms with Crippen LogP contribution in [0.2, 0.25) is 0 Å². The highest BCUT2D eigenvalue weighted by molar-refractivity contribution is 7.89. The number of carbonyl (C=O) groups is 1. The number of aryl methyl sites for hydroxylation is 3. The molecule has 1 aliphatic rings. The molecule has 2 aromatic rings. The first-order chi connectivity index (χ1) is 12.3. The minimum absolute atomic E-state index is 0.0559. The van der Waals surface area contributed by atoms with Crippen molar-refractivity contribution in [3.8, 4) is 0 Å². The van der Waals surface area contributed by atoms with Crippen LogP contribution >= 0.6 is 0 Å². The van der Waals surface area contributed by atoms with Crippen molar-refractivity contribution in [2.24, 2.45) is 13.0 Å². The number of amides is 1. The molecule has 0 unspecified atom stereocenters. The van der Waals surface area contributed by atoms with E-state index in [4.69, 9.17) is 0 Å². The first-order valence-corrected chi connectivity index (χ1v) is 10.1. The largest absolute Gasteiger partial charge is 0.337 e. The van der Waals surface area contributed by atoms with Gasteiger partial charge in [-0.3, -0.25) is 4.79 Å². The fourth-order valence-corrected chi connectivity index (χ4v) is 4.52. The minimum Gasteiger partial charge on any atom is -0.337 e. The number of nitrogens with zero attached hydrogens (tertiary/aromatic N) is 3. The number of imidazole rings is 1. The molecule has 0 bridgehead atoms. The Hall–Kier alpha value is -2.19. The first kappa shape index (κ1) is 18.6. The van der Waals surface area contributed by atoms with Gasteiger partial charge in [-0.15, -0.1) is 0 Å². The lowest BCUT2D eigenvalue weighted by Gasteiger charge is -2.29. The van der Waals surface area contributed by atoms with E-state index in [0.29, 0.717) is 31.8 Å². The van der Waals surface area contributed by atoms with Crippen molar-refractivity contribution in [3.05, 3.63) is 41.9 Å². The SMILES string of the molecule is Cc1ccc(NC(=O)C2CCN(S(=O)(=O)c3cn(C)c(C)n3)CC2)cc1. The molecule has 26 heavy (non-hydrogen) atoms. The lowest BCUT2D eigenvalue weighted by Crippen LogP contribution is -2.41. The van der Waals surface area contributed by atoms with Gasteiger partial charge in [0.1, 0.15) is 5.82 Å². The summed E-state index contributed by atoms with van der Waals surface area (Å²) in [6, 6.07) is 7.63. The lowest BCUT2D eigenvalue weighted by molar-refractivity contribution is -0.120. The van der Waals surface area contributed by atoms with Crippen molar-refractivity contribution in [3.63, 3.8) is 0 Å². The van der Waals surface area contributed by atoms with E-state index in [1.54, 1.807) is 18.5 Å². The van der Waals surface area contributed by atoms with Gasteiger partial charge in [0.2, 0.25) is 5.91 Å². The molecule has 1 saturated heterocycles. The smallest absolute Gasteiger partial charge is 0.262 e. The summed E-state index contributed by atoms with van der Waals surface area (Å²) in [5.74, 6) is 0.406.